The van der Waals surface area contributed by atoms with Crippen molar-refractivity contribution in [1.82, 2.24) is 0 Å². The lowest BCUT2D eigenvalue weighted by Gasteiger charge is -2.08. The highest BCUT2D eigenvalue weighted by atomic mass is 35.5. The second kappa shape index (κ2) is 6.86. The third kappa shape index (κ3) is 3.48. The second-order valence-electron chi connectivity index (χ2n) is 5.08. The lowest BCUT2D eigenvalue weighted by molar-refractivity contribution is 0.102. The van der Waals surface area contributed by atoms with Gasteiger partial charge in [0.1, 0.15) is 23.9 Å². The molecule has 6 heteroatoms. The van der Waals surface area contributed by atoms with Crippen LogP contribution in [0, 0.1) is 5.82 Å². The fourth-order valence-corrected chi connectivity index (χ4v) is 2.48. The van der Waals surface area contributed by atoms with E-state index in [9.17, 15) is 9.18 Å². The highest BCUT2D eigenvalue weighted by Gasteiger charge is 2.11. The number of hydrogen-bond donors (Lipinski definition) is 2. The van der Waals surface area contributed by atoms with Gasteiger partial charge in [-0.05, 0) is 54.6 Å². The predicted molar refractivity (Wildman–Crippen MR) is 89.4 cm³/mol. The number of anilines is 1. The van der Waals surface area contributed by atoms with Gasteiger partial charge in [0.15, 0.2) is 0 Å². The summed E-state index contributed by atoms with van der Waals surface area (Å²) < 4.78 is 18.3. The van der Waals surface area contributed by atoms with Crippen LogP contribution in [0.3, 0.4) is 0 Å². The van der Waals surface area contributed by atoms with Gasteiger partial charge < -0.3 is 14.8 Å². The molecule has 0 saturated heterocycles. The maximum atomic E-state index is 12.9. The van der Waals surface area contributed by atoms with E-state index >= 15 is 0 Å². The van der Waals surface area contributed by atoms with Gasteiger partial charge in [-0.1, -0.05) is 11.6 Å². The van der Waals surface area contributed by atoms with E-state index in [1.54, 1.807) is 30.3 Å². The molecule has 3 rings (SSSR count). The molecule has 3 aromatic rings. The van der Waals surface area contributed by atoms with Crippen LogP contribution in [0.2, 0.25) is 5.02 Å². The van der Waals surface area contributed by atoms with E-state index in [0.29, 0.717) is 33.4 Å². The Kier molecular flexibility index (Phi) is 4.64. The molecule has 122 valence electrons. The van der Waals surface area contributed by atoms with Gasteiger partial charge in [0, 0.05) is 16.8 Å². The largest absolute Gasteiger partial charge is 0.459 e. The molecule has 2 N–H and O–H groups in total. The molecule has 0 unspecified atom stereocenters. The van der Waals surface area contributed by atoms with E-state index < -0.39 is 5.82 Å². The van der Waals surface area contributed by atoms with Crippen LogP contribution >= 0.6 is 11.6 Å². The minimum absolute atomic E-state index is 0.191. The monoisotopic (exact) mass is 345 g/mol. The quantitative estimate of drug-likeness (QED) is 0.732. The zero-order chi connectivity index (χ0) is 17.1. The molecule has 0 bridgehead atoms. The van der Waals surface area contributed by atoms with Crippen LogP contribution in [0.15, 0.2) is 59.0 Å². The number of aliphatic hydroxyl groups is 1. The molecule has 0 spiro atoms. The molecule has 1 aromatic heterocycles. The van der Waals surface area contributed by atoms with E-state index in [1.807, 2.05) is 0 Å². The normalized spacial score (nSPS) is 10.6. The van der Waals surface area contributed by atoms with Crippen LogP contribution < -0.4 is 5.32 Å². The number of amides is 1. The Hall–Kier alpha value is -2.63. The van der Waals surface area contributed by atoms with Crippen molar-refractivity contribution in [2.24, 2.45) is 0 Å². The van der Waals surface area contributed by atoms with Crippen molar-refractivity contribution in [2.75, 3.05) is 5.32 Å². The minimum Gasteiger partial charge on any atom is -0.459 e. The lowest BCUT2D eigenvalue weighted by Crippen LogP contribution is -2.11. The first-order chi connectivity index (χ1) is 11.6. The summed E-state index contributed by atoms with van der Waals surface area (Å²) in [6, 6.07) is 13.6. The molecule has 24 heavy (non-hydrogen) atoms. The average molecular weight is 346 g/mol. The third-order valence-electron chi connectivity index (χ3n) is 3.42. The van der Waals surface area contributed by atoms with Crippen molar-refractivity contribution in [3.63, 3.8) is 0 Å². The van der Waals surface area contributed by atoms with E-state index in [2.05, 4.69) is 5.32 Å². The van der Waals surface area contributed by atoms with Crippen LogP contribution in [0.25, 0.3) is 11.3 Å². The number of rotatable bonds is 4. The lowest BCUT2D eigenvalue weighted by atomic mass is 10.1. The van der Waals surface area contributed by atoms with Gasteiger partial charge in [-0.3, -0.25) is 4.79 Å². The smallest absolute Gasteiger partial charge is 0.255 e. The summed E-state index contributed by atoms with van der Waals surface area (Å²) in [6.45, 7) is -0.191. The first kappa shape index (κ1) is 16.2. The van der Waals surface area contributed by atoms with Crippen LogP contribution in [-0.2, 0) is 6.61 Å². The van der Waals surface area contributed by atoms with E-state index in [-0.39, 0.29) is 12.5 Å². The number of halogens is 2. The van der Waals surface area contributed by atoms with Gasteiger partial charge in [-0.2, -0.15) is 0 Å². The number of aliphatic hydroxyl groups excluding tert-OH is 1. The van der Waals surface area contributed by atoms with Crippen molar-refractivity contribution in [3.05, 3.63) is 76.8 Å². The Morgan fingerprint density at radius 2 is 1.88 bits per heavy atom. The molecule has 0 fully saturated rings. The Morgan fingerprint density at radius 1 is 1.12 bits per heavy atom. The SMILES string of the molecule is O=C(Nc1ccc(-c2ccc(CO)o2)c(Cl)c1)c1ccc(F)cc1. The molecule has 1 heterocycles. The summed E-state index contributed by atoms with van der Waals surface area (Å²) in [7, 11) is 0. The molecule has 0 aliphatic rings. The van der Waals surface area contributed by atoms with Gasteiger partial charge in [-0.15, -0.1) is 0 Å². The Morgan fingerprint density at radius 3 is 2.50 bits per heavy atom. The van der Waals surface area contributed by atoms with Gasteiger partial charge in [0.05, 0.1) is 5.02 Å². The molecule has 2 aromatic carbocycles. The number of hydrogen-bond acceptors (Lipinski definition) is 3. The molecule has 0 saturated carbocycles. The topological polar surface area (TPSA) is 62.5 Å². The molecule has 0 aliphatic heterocycles. The summed E-state index contributed by atoms with van der Waals surface area (Å²) in [5, 5.41) is 12.1. The zero-order valence-electron chi connectivity index (χ0n) is 12.4. The maximum Gasteiger partial charge on any atom is 0.255 e. The fourth-order valence-electron chi connectivity index (χ4n) is 2.20. The number of benzene rings is 2. The fraction of sp³-hybridized carbons (Fsp3) is 0.0556. The van der Waals surface area contributed by atoms with E-state index in [4.69, 9.17) is 21.1 Å². The van der Waals surface area contributed by atoms with Crippen molar-refractivity contribution < 1.29 is 18.7 Å². The Bertz CT molecular complexity index is 874. The first-order valence-corrected chi connectivity index (χ1v) is 7.51. The molecule has 1 amide bonds. The van der Waals surface area contributed by atoms with E-state index in [1.165, 1.54) is 24.3 Å². The Balaban J connectivity index is 1.79. The van der Waals surface area contributed by atoms with E-state index in [0.717, 1.165) is 0 Å². The molecule has 0 radical (unpaired) electrons. The average Bonchev–Trinajstić information content (AvgIpc) is 3.04. The summed E-state index contributed by atoms with van der Waals surface area (Å²) in [5.41, 5.74) is 1.50. The van der Waals surface area contributed by atoms with Gasteiger partial charge in [0.25, 0.3) is 5.91 Å². The standard InChI is InChI=1S/C18H13ClFNO3/c19-16-9-13(21-18(23)11-1-3-12(20)4-2-11)5-7-15(16)17-8-6-14(10-22)24-17/h1-9,22H,10H2,(H,21,23). The highest BCUT2D eigenvalue weighted by molar-refractivity contribution is 6.33. The maximum absolute atomic E-state index is 12.9. The van der Waals surface area contributed by atoms with Crippen molar-refractivity contribution >= 4 is 23.2 Å². The first-order valence-electron chi connectivity index (χ1n) is 7.13. The summed E-state index contributed by atoms with van der Waals surface area (Å²) in [6.07, 6.45) is 0. The second-order valence-corrected chi connectivity index (χ2v) is 5.49. The summed E-state index contributed by atoms with van der Waals surface area (Å²) in [5.74, 6) is 0.203. The van der Waals surface area contributed by atoms with Crippen LogP contribution in [0.4, 0.5) is 10.1 Å². The van der Waals surface area contributed by atoms with Crippen LogP contribution in [-0.4, -0.2) is 11.0 Å². The van der Waals surface area contributed by atoms with Gasteiger partial charge >= 0.3 is 0 Å². The van der Waals surface area contributed by atoms with Crippen LogP contribution in [0.5, 0.6) is 0 Å². The zero-order valence-corrected chi connectivity index (χ0v) is 13.2. The van der Waals surface area contributed by atoms with Crippen molar-refractivity contribution in [1.29, 1.82) is 0 Å². The van der Waals surface area contributed by atoms with Crippen molar-refractivity contribution in [3.8, 4) is 11.3 Å². The van der Waals surface area contributed by atoms with Crippen molar-refractivity contribution in [2.45, 2.75) is 6.61 Å². The number of carbonyl (C=O) groups excluding carboxylic acids is 1. The number of nitrogens with one attached hydrogen (secondary N) is 1. The van der Waals surface area contributed by atoms with Gasteiger partial charge in [0.2, 0.25) is 0 Å². The number of furan rings is 1. The molecule has 4 nitrogen and oxygen atoms in total. The van der Waals surface area contributed by atoms with Gasteiger partial charge in [-0.25, -0.2) is 4.39 Å². The number of carbonyl (C=O) groups is 1. The highest BCUT2D eigenvalue weighted by Crippen LogP contribution is 2.31. The summed E-state index contributed by atoms with van der Waals surface area (Å²) in [4.78, 5) is 12.1. The molecule has 0 atom stereocenters. The summed E-state index contributed by atoms with van der Waals surface area (Å²) >= 11 is 6.24. The molecule has 0 aliphatic carbocycles. The predicted octanol–water partition coefficient (Wildman–Crippen LogP) is 4.48. The molecular weight excluding hydrogens is 333 g/mol. The Labute approximate surface area is 142 Å². The minimum atomic E-state index is -0.403. The van der Waals surface area contributed by atoms with Crippen LogP contribution in [0.1, 0.15) is 16.1 Å². The third-order valence-corrected chi connectivity index (χ3v) is 3.73. The molecular formula is C18H13ClFNO3.